The van der Waals surface area contributed by atoms with Gasteiger partial charge in [0.25, 0.3) is 11.6 Å². The van der Waals surface area contributed by atoms with Crippen molar-refractivity contribution < 1.29 is 27.6 Å². The smallest absolute Gasteiger partial charge is 0.422 e. The number of halogens is 3. The Kier molecular flexibility index (Phi) is 6.70. The molecule has 33 heavy (non-hydrogen) atoms. The molecule has 3 rings (SSSR count). The Labute approximate surface area is 183 Å². The fourth-order valence-corrected chi connectivity index (χ4v) is 2.81. The van der Waals surface area contributed by atoms with E-state index in [1.807, 2.05) is 0 Å². The summed E-state index contributed by atoms with van der Waals surface area (Å²) in [7, 11) is 0. The number of aryl methyl sites for hydroxylation is 1. The predicted molar refractivity (Wildman–Crippen MR) is 108 cm³/mol. The van der Waals surface area contributed by atoms with Gasteiger partial charge in [0, 0.05) is 36.6 Å². The summed E-state index contributed by atoms with van der Waals surface area (Å²) in [6.07, 6.45) is -3.32. The summed E-state index contributed by atoms with van der Waals surface area (Å²) in [5.41, 5.74) is -0.792. The molecule has 1 aromatic carbocycles. The second-order valence-corrected chi connectivity index (χ2v) is 6.75. The van der Waals surface area contributed by atoms with Gasteiger partial charge in [0.1, 0.15) is 5.69 Å². The molecule has 0 spiro atoms. The van der Waals surface area contributed by atoms with E-state index in [4.69, 9.17) is 0 Å². The highest BCUT2D eigenvalue weighted by Gasteiger charge is 2.28. The molecule has 0 aliphatic carbocycles. The molecule has 3 aromatic rings. The average Bonchev–Trinajstić information content (AvgIpc) is 2.76. The van der Waals surface area contributed by atoms with E-state index in [1.165, 1.54) is 43.5 Å². The minimum Gasteiger partial charge on any atom is -0.468 e. The van der Waals surface area contributed by atoms with Crippen LogP contribution in [0.25, 0.3) is 5.69 Å². The van der Waals surface area contributed by atoms with Crippen molar-refractivity contribution in [2.75, 3.05) is 6.61 Å². The van der Waals surface area contributed by atoms with Crippen LogP contribution in [0.3, 0.4) is 0 Å². The summed E-state index contributed by atoms with van der Waals surface area (Å²) in [4.78, 5) is 39.3. The van der Waals surface area contributed by atoms with Crippen LogP contribution in [-0.4, -0.2) is 38.4 Å². The van der Waals surface area contributed by atoms with Gasteiger partial charge in [0.2, 0.25) is 11.3 Å². The molecule has 0 saturated heterocycles. The number of aromatic nitrogens is 3. The quantitative estimate of drug-likeness (QED) is 0.421. The van der Waals surface area contributed by atoms with E-state index in [0.717, 1.165) is 10.7 Å². The number of rotatable bonds is 7. The largest absolute Gasteiger partial charge is 0.468 e. The first-order valence-electron chi connectivity index (χ1n) is 9.32. The molecule has 0 saturated carbocycles. The van der Waals surface area contributed by atoms with Gasteiger partial charge in [-0.3, -0.25) is 19.7 Å². The Morgan fingerprint density at radius 2 is 1.97 bits per heavy atom. The Balaban J connectivity index is 1.81. The lowest BCUT2D eigenvalue weighted by atomic mass is 10.2. The van der Waals surface area contributed by atoms with Gasteiger partial charge in [-0.2, -0.15) is 18.3 Å². The van der Waals surface area contributed by atoms with Gasteiger partial charge >= 0.3 is 6.18 Å². The summed E-state index contributed by atoms with van der Waals surface area (Å²) in [5.74, 6) is -1.16. The zero-order valence-corrected chi connectivity index (χ0v) is 17.0. The number of nitrogens with zero attached hydrogens (tertiary/aromatic N) is 4. The lowest BCUT2D eigenvalue weighted by Crippen LogP contribution is -2.31. The van der Waals surface area contributed by atoms with Gasteiger partial charge in [-0.1, -0.05) is 12.1 Å². The number of nitro groups is 1. The number of hydrogen-bond donors (Lipinski definition) is 1. The number of carbonyl (C=O) groups is 1. The third-order valence-electron chi connectivity index (χ3n) is 4.27. The van der Waals surface area contributed by atoms with E-state index in [2.05, 4.69) is 20.1 Å². The Morgan fingerprint density at radius 1 is 1.24 bits per heavy atom. The summed E-state index contributed by atoms with van der Waals surface area (Å²) in [5, 5.41) is 17.8. The molecule has 0 unspecified atom stereocenters. The van der Waals surface area contributed by atoms with Gasteiger partial charge in [-0.15, -0.1) is 0 Å². The minimum absolute atomic E-state index is 0.0645. The molecule has 0 atom stereocenters. The number of ether oxygens (including phenoxy) is 1. The molecule has 0 bridgehead atoms. The SMILES string of the molecule is Cc1cc(=O)c(C(=O)NCc2ccnc(OCC(F)(F)F)c2)nn1-c1ccccc1[N+](=O)[O-]. The molecule has 1 amide bonds. The lowest BCUT2D eigenvalue weighted by molar-refractivity contribution is -0.384. The second kappa shape index (κ2) is 9.46. The molecule has 10 nitrogen and oxygen atoms in total. The zero-order valence-electron chi connectivity index (χ0n) is 17.0. The van der Waals surface area contributed by atoms with Crippen LogP contribution in [-0.2, 0) is 6.54 Å². The van der Waals surface area contributed by atoms with Crippen LogP contribution in [0.5, 0.6) is 5.88 Å². The molecule has 2 aromatic heterocycles. The van der Waals surface area contributed by atoms with Crippen molar-refractivity contribution in [1.82, 2.24) is 20.1 Å². The highest BCUT2D eigenvalue weighted by atomic mass is 19.4. The van der Waals surface area contributed by atoms with Crippen LogP contribution < -0.4 is 15.5 Å². The minimum atomic E-state index is -4.53. The number of para-hydroxylation sites is 2. The van der Waals surface area contributed by atoms with Crippen molar-refractivity contribution in [3.05, 3.63) is 86.0 Å². The molecule has 0 radical (unpaired) electrons. The number of benzene rings is 1. The summed E-state index contributed by atoms with van der Waals surface area (Å²) in [6, 6.07) is 9.46. The van der Waals surface area contributed by atoms with Gasteiger partial charge in [0.15, 0.2) is 12.3 Å². The van der Waals surface area contributed by atoms with E-state index < -0.39 is 34.7 Å². The van der Waals surface area contributed by atoms with Gasteiger partial charge in [-0.05, 0) is 24.6 Å². The molecule has 1 N–H and O–H groups in total. The molecule has 13 heteroatoms. The molecular weight excluding hydrogens is 447 g/mol. The van der Waals surface area contributed by atoms with Crippen molar-refractivity contribution >= 4 is 11.6 Å². The maximum Gasteiger partial charge on any atom is 0.422 e. The number of hydrogen-bond acceptors (Lipinski definition) is 7. The van der Waals surface area contributed by atoms with Gasteiger partial charge in [-0.25, -0.2) is 9.67 Å². The standard InChI is InChI=1S/C20H16F3N5O5/c1-12-8-16(29)18(26-27(12)14-4-2-3-5-15(14)28(31)32)19(30)25-10-13-6-7-24-17(9-13)33-11-20(21,22)23/h2-9H,10-11H2,1H3,(H,25,30). The number of alkyl halides is 3. The monoisotopic (exact) mass is 463 g/mol. The van der Waals surface area contributed by atoms with Crippen molar-refractivity contribution in [2.24, 2.45) is 0 Å². The van der Waals surface area contributed by atoms with Crippen molar-refractivity contribution in [2.45, 2.75) is 19.6 Å². The molecular formula is C20H16F3N5O5. The number of nitro benzene ring substituents is 1. The predicted octanol–water partition coefficient (Wildman–Crippen LogP) is 2.72. The lowest BCUT2D eigenvalue weighted by Gasteiger charge is -2.12. The summed E-state index contributed by atoms with van der Waals surface area (Å²) >= 11 is 0. The van der Waals surface area contributed by atoms with Crippen LogP contribution in [0.4, 0.5) is 18.9 Å². The summed E-state index contributed by atoms with van der Waals surface area (Å²) < 4.78 is 42.5. The fourth-order valence-electron chi connectivity index (χ4n) is 2.81. The average molecular weight is 463 g/mol. The topological polar surface area (TPSA) is 129 Å². The molecule has 0 aliphatic heterocycles. The fraction of sp³-hybridized carbons (Fsp3) is 0.200. The first kappa shape index (κ1) is 23.4. The van der Waals surface area contributed by atoms with Gasteiger partial charge in [0.05, 0.1) is 4.92 Å². The number of nitrogens with one attached hydrogen (secondary N) is 1. The number of pyridine rings is 1. The maximum atomic E-state index is 12.6. The van der Waals surface area contributed by atoms with E-state index in [-0.39, 0.29) is 29.5 Å². The van der Waals surface area contributed by atoms with Gasteiger partial charge < -0.3 is 10.1 Å². The molecule has 0 aliphatic rings. The van der Waals surface area contributed by atoms with Crippen LogP contribution in [0, 0.1) is 17.0 Å². The normalized spacial score (nSPS) is 11.2. The van der Waals surface area contributed by atoms with Crippen LogP contribution in [0.2, 0.25) is 0 Å². The van der Waals surface area contributed by atoms with Crippen molar-refractivity contribution in [3.63, 3.8) is 0 Å². The Bertz CT molecular complexity index is 1260. The van der Waals surface area contributed by atoms with Crippen molar-refractivity contribution in [3.8, 4) is 11.6 Å². The first-order valence-corrected chi connectivity index (χ1v) is 9.32. The van der Waals surface area contributed by atoms with Crippen LogP contribution in [0.1, 0.15) is 21.7 Å². The Hall–Kier alpha value is -4.29. The van der Waals surface area contributed by atoms with E-state index in [0.29, 0.717) is 5.56 Å². The van der Waals surface area contributed by atoms with E-state index >= 15 is 0 Å². The van der Waals surface area contributed by atoms with E-state index in [9.17, 15) is 32.9 Å². The van der Waals surface area contributed by atoms with Crippen molar-refractivity contribution in [1.29, 1.82) is 0 Å². The molecule has 2 heterocycles. The maximum absolute atomic E-state index is 12.6. The number of carbonyl (C=O) groups excluding carboxylic acids is 1. The third-order valence-corrected chi connectivity index (χ3v) is 4.27. The third kappa shape index (κ3) is 5.90. The first-order chi connectivity index (χ1) is 15.5. The second-order valence-electron chi connectivity index (χ2n) is 6.75. The summed E-state index contributed by atoms with van der Waals surface area (Å²) in [6.45, 7) is -0.176. The Morgan fingerprint density at radius 3 is 2.67 bits per heavy atom. The zero-order chi connectivity index (χ0) is 24.2. The molecule has 172 valence electrons. The molecule has 0 fully saturated rings. The van der Waals surface area contributed by atoms with E-state index in [1.54, 1.807) is 6.07 Å². The number of amides is 1. The highest BCUT2D eigenvalue weighted by Crippen LogP contribution is 2.22. The highest BCUT2D eigenvalue weighted by molar-refractivity contribution is 5.92. The van der Waals surface area contributed by atoms with Crippen LogP contribution in [0.15, 0.2) is 53.5 Å². The van der Waals surface area contributed by atoms with Crippen LogP contribution >= 0.6 is 0 Å².